The number of hydrogen-bond donors (Lipinski definition) is 3. The monoisotopic (exact) mass is 280 g/mol. The molecule has 5 nitrogen and oxygen atoms in total. The lowest BCUT2D eigenvalue weighted by molar-refractivity contribution is 0.0931. The minimum atomic E-state index is -0.303. The van der Waals surface area contributed by atoms with Crippen LogP contribution < -0.4 is 15.8 Å². The maximum absolute atomic E-state index is 12.1. The number of phenolic OH excluding ortho intramolecular Hbond substituents is 1. The topological polar surface area (TPSA) is 84.6 Å². The number of ether oxygens (including phenoxy) is 1. The Morgan fingerprint density at radius 1 is 1.45 bits per heavy atom. The molecule has 0 heterocycles. The quantitative estimate of drug-likeness (QED) is 0.712. The third-order valence-corrected chi connectivity index (χ3v) is 3.25. The zero-order valence-corrected chi connectivity index (χ0v) is 12.4. The summed E-state index contributed by atoms with van der Waals surface area (Å²) in [5, 5.41) is 12.8. The van der Waals surface area contributed by atoms with Gasteiger partial charge in [-0.3, -0.25) is 4.79 Å². The molecule has 20 heavy (non-hydrogen) atoms. The number of carbonyl (C=O) groups is 1. The molecule has 0 aliphatic carbocycles. The Balaban J connectivity index is 2.68. The van der Waals surface area contributed by atoms with Crippen molar-refractivity contribution in [2.24, 2.45) is 11.1 Å². The van der Waals surface area contributed by atoms with E-state index in [1.54, 1.807) is 18.2 Å². The fraction of sp³-hybridized carbons (Fsp3) is 0.533. The second kappa shape index (κ2) is 7.14. The van der Waals surface area contributed by atoms with Crippen LogP contribution in [-0.2, 0) is 0 Å². The van der Waals surface area contributed by atoms with Crippen LogP contribution >= 0.6 is 0 Å². The summed E-state index contributed by atoms with van der Waals surface area (Å²) in [5.74, 6) is -0.144. The molecule has 0 radical (unpaired) electrons. The van der Waals surface area contributed by atoms with E-state index in [-0.39, 0.29) is 22.6 Å². The fourth-order valence-corrected chi connectivity index (χ4v) is 1.95. The van der Waals surface area contributed by atoms with Crippen molar-refractivity contribution in [2.45, 2.75) is 26.7 Å². The molecular weight excluding hydrogens is 256 g/mol. The van der Waals surface area contributed by atoms with Gasteiger partial charge >= 0.3 is 0 Å². The van der Waals surface area contributed by atoms with E-state index < -0.39 is 0 Å². The van der Waals surface area contributed by atoms with Crippen LogP contribution in [0.5, 0.6) is 11.5 Å². The number of nitrogens with two attached hydrogens (primary N) is 1. The molecule has 0 bridgehead atoms. The van der Waals surface area contributed by atoms with Crippen molar-refractivity contribution in [1.82, 2.24) is 5.32 Å². The summed E-state index contributed by atoms with van der Waals surface area (Å²) in [4.78, 5) is 12.1. The molecule has 1 aromatic rings. The molecule has 0 atom stereocenters. The Hall–Kier alpha value is -1.75. The second-order valence-electron chi connectivity index (χ2n) is 5.60. The molecule has 112 valence electrons. The summed E-state index contributed by atoms with van der Waals surface area (Å²) >= 11 is 0. The van der Waals surface area contributed by atoms with Crippen molar-refractivity contribution in [3.63, 3.8) is 0 Å². The van der Waals surface area contributed by atoms with Crippen LogP contribution in [0.15, 0.2) is 18.2 Å². The number of carbonyl (C=O) groups excluding carboxylic acids is 1. The molecule has 4 N–H and O–H groups in total. The smallest absolute Gasteiger partial charge is 0.255 e. The summed E-state index contributed by atoms with van der Waals surface area (Å²) in [7, 11) is 1.45. The highest BCUT2D eigenvalue weighted by molar-refractivity contribution is 5.97. The number of methoxy groups -OCH3 is 1. The van der Waals surface area contributed by atoms with Gasteiger partial charge in [-0.15, -0.1) is 0 Å². The lowest BCUT2D eigenvalue weighted by atomic mass is 9.87. The lowest BCUT2D eigenvalue weighted by Crippen LogP contribution is -2.34. The minimum absolute atomic E-state index is 0.0243. The van der Waals surface area contributed by atoms with Gasteiger partial charge in [0.2, 0.25) is 0 Å². The number of nitrogens with one attached hydrogen (secondary N) is 1. The van der Waals surface area contributed by atoms with E-state index in [4.69, 9.17) is 10.5 Å². The van der Waals surface area contributed by atoms with Crippen LogP contribution in [0.3, 0.4) is 0 Å². The van der Waals surface area contributed by atoms with E-state index in [1.165, 1.54) is 7.11 Å². The van der Waals surface area contributed by atoms with Gasteiger partial charge in [-0.2, -0.15) is 0 Å². The molecule has 0 aliphatic heterocycles. The van der Waals surface area contributed by atoms with Crippen LogP contribution in [-0.4, -0.2) is 31.2 Å². The number of benzene rings is 1. The average molecular weight is 280 g/mol. The summed E-state index contributed by atoms with van der Waals surface area (Å²) in [5.41, 5.74) is 5.70. The number of hydrogen-bond acceptors (Lipinski definition) is 4. The predicted molar refractivity (Wildman–Crippen MR) is 79.1 cm³/mol. The summed E-state index contributed by atoms with van der Waals surface area (Å²) in [6.45, 7) is 5.33. The Morgan fingerprint density at radius 2 is 2.15 bits per heavy atom. The van der Waals surface area contributed by atoms with Gasteiger partial charge < -0.3 is 20.9 Å². The second-order valence-corrected chi connectivity index (χ2v) is 5.60. The highest BCUT2D eigenvalue weighted by Crippen LogP contribution is 2.29. The first-order valence-electron chi connectivity index (χ1n) is 6.75. The van der Waals surface area contributed by atoms with Gasteiger partial charge in [-0.05, 0) is 36.9 Å². The van der Waals surface area contributed by atoms with Gasteiger partial charge in [0.15, 0.2) is 11.5 Å². The first-order valence-corrected chi connectivity index (χ1v) is 6.75. The SMILES string of the molecule is COc1cccc(C(=O)NCC(C)(C)CCCN)c1O. The average Bonchev–Trinajstić information content (AvgIpc) is 2.43. The molecule has 0 unspecified atom stereocenters. The Labute approximate surface area is 120 Å². The third-order valence-electron chi connectivity index (χ3n) is 3.25. The van der Waals surface area contributed by atoms with E-state index in [9.17, 15) is 9.90 Å². The first kappa shape index (κ1) is 16.3. The van der Waals surface area contributed by atoms with Crippen molar-refractivity contribution in [1.29, 1.82) is 0 Å². The van der Waals surface area contributed by atoms with E-state index >= 15 is 0 Å². The zero-order valence-electron chi connectivity index (χ0n) is 12.4. The third kappa shape index (κ3) is 4.42. The highest BCUT2D eigenvalue weighted by atomic mass is 16.5. The molecule has 0 saturated carbocycles. The van der Waals surface area contributed by atoms with Crippen molar-refractivity contribution in [3.8, 4) is 11.5 Å². The maximum Gasteiger partial charge on any atom is 0.255 e. The lowest BCUT2D eigenvalue weighted by Gasteiger charge is -2.24. The molecule has 0 aromatic heterocycles. The van der Waals surface area contributed by atoms with Gasteiger partial charge in [0.1, 0.15) is 0 Å². The van der Waals surface area contributed by atoms with Crippen LogP contribution in [0, 0.1) is 5.41 Å². The number of amides is 1. The van der Waals surface area contributed by atoms with Gasteiger partial charge in [0, 0.05) is 6.54 Å². The van der Waals surface area contributed by atoms with Gasteiger partial charge in [-0.25, -0.2) is 0 Å². The fourth-order valence-electron chi connectivity index (χ4n) is 1.95. The highest BCUT2D eigenvalue weighted by Gasteiger charge is 2.20. The van der Waals surface area contributed by atoms with E-state index in [0.717, 1.165) is 12.8 Å². The standard InChI is InChI=1S/C15H24N2O3/c1-15(2,8-5-9-16)10-17-14(19)11-6-4-7-12(20-3)13(11)18/h4,6-7,18H,5,8-10,16H2,1-3H3,(H,17,19). The zero-order chi connectivity index (χ0) is 15.2. The predicted octanol–water partition coefficient (Wildman–Crippen LogP) is 1.90. The molecular formula is C15H24N2O3. The number of rotatable bonds is 7. The Morgan fingerprint density at radius 3 is 2.75 bits per heavy atom. The van der Waals surface area contributed by atoms with E-state index in [1.807, 2.05) is 0 Å². The first-order chi connectivity index (χ1) is 9.41. The van der Waals surface area contributed by atoms with E-state index in [2.05, 4.69) is 19.2 Å². The van der Waals surface area contributed by atoms with Crippen LogP contribution in [0.1, 0.15) is 37.0 Å². The number of phenols is 1. The molecule has 0 saturated heterocycles. The minimum Gasteiger partial charge on any atom is -0.504 e. The van der Waals surface area contributed by atoms with Crippen molar-refractivity contribution in [2.75, 3.05) is 20.2 Å². The molecule has 0 aliphatic rings. The van der Waals surface area contributed by atoms with Crippen LogP contribution in [0.2, 0.25) is 0 Å². The number of para-hydroxylation sites is 1. The summed E-state index contributed by atoms with van der Waals surface area (Å²) in [6.07, 6.45) is 1.86. The van der Waals surface area contributed by atoms with Crippen LogP contribution in [0.4, 0.5) is 0 Å². The molecule has 1 rings (SSSR count). The molecule has 5 heteroatoms. The summed E-state index contributed by atoms with van der Waals surface area (Å²) in [6, 6.07) is 4.85. The molecule has 0 spiro atoms. The normalized spacial score (nSPS) is 11.2. The molecule has 1 aromatic carbocycles. The largest absolute Gasteiger partial charge is 0.504 e. The summed E-state index contributed by atoms with van der Waals surface area (Å²) < 4.78 is 4.99. The van der Waals surface area contributed by atoms with Gasteiger partial charge in [-0.1, -0.05) is 19.9 Å². The number of aromatic hydroxyl groups is 1. The van der Waals surface area contributed by atoms with Gasteiger partial charge in [0.05, 0.1) is 12.7 Å². The van der Waals surface area contributed by atoms with Crippen molar-refractivity contribution in [3.05, 3.63) is 23.8 Å². The van der Waals surface area contributed by atoms with Crippen molar-refractivity contribution >= 4 is 5.91 Å². The van der Waals surface area contributed by atoms with Gasteiger partial charge in [0.25, 0.3) is 5.91 Å². The maximum atomic E-state index is 12.1. The Bertz CT molecular complexity index is 458. The van der Waals surface area contributed by atoms with E-state index in [0.29, 0.717) is 18.8 Å². The molecule has 1 amide bonds. The van der Waals surface area contributed by atoms with Crippen LogP contribution in [0.25, 0.3) is 0 Å². The Kier molecular flexibility index (Phi) is 5.82. The molecule has 0 fully saturated rings. The van der Waals surface area contributed by atoms with Crippen molar-refractivity contribution < 1.29 is 14.6 Å².